The molecule has 0 saturated carbocycles. The fourth-order valence-corrected chi connectivity index (χ4v) is 5.14. The van der Waals surface area contributed by atoms with Gasteiger partial charge in [-0.15, -0.1) is 4.31 Å². The predicted molar refractivity (Wildman–Crippen MR) is 101 cm³/mol. The number of hydrogen-bond donors (Lipinski definition) is 5. The summed E-state index contributed by atoms with van der Waals surface area (Å²) in [6.45, 7) is 3.05. The zero-order valence-corrected chi connectivity index (χ0v) is 16.7. The minimum Gasteiger partial charge on any atom is -0.360 e. The van der Waals surface area contributed by atoms with Gasteiger partial charge in [0.1, 0.15) is 16.8 Å². The smallest absolute Gasteiger partial charge is 0.249 e. The first-order chi connectivity index (χ1) is 13.6. The number of hydrogen-bond acceptors (Lipinski definition) is 8. The molecule has 0 aromatic heterocycles. The lowest BCUT2D eigenvalue weighted by Crippen LogP contribution is -2.62. The van der Waals surface area contributed by atoms with Gasteiger partial charge in [-0.05, 0) is 37.5 Å². The molecule has 5 atom stereocenters. The first-order valence-corrected chi connectivity index (χ1v) is 10.5. The monoisotopic (exact) mass is 426 g/mol. The van der Waals surface area contributed by atoms with E-state index in [0.29, 0.717) is 10.7 Å². The lowest BCUT2D eigenvalue weighted by Gasteiger charge is -2.38. The van der Waals surface area contributed by atoms with Crippen LogP contribution in [0.2, 0.25) is 0 Å². The van der Waals surface area contributed by atoms with Crippen molar-refractivity contribution < 1.29 is 22.7 Å². The van der Waals surface area contributed by atoms with Crippen LogP contribution in [0.5, 0.6) is 0 Å². The van der Waals surface area contributed by atoms with Gasteiger partial charge in [0.15, 0.2) is 6.35 Å². The van der Waals surface area contributed by atoms with Crippen molar-refractivity contribution in [2.45, 2.75) is 49.6 Å². The second kappa shape index (κ2) is 8.21. The van der Waals surface area contributed by atoms with Crippen LogP contribution in [0.3, 0.4) is 0 Å². The first kappa shape index (κ1) is 21.4. The van der Waals surface area contributed by atoms with E-state index < -0.39 is 34.6 Å². The number of fused-ring (bicyclic) bond motifs is 1. The number of benzene rings is 1. The summed E-state index contributed by atoms with van der Waals surface area (Å²) in [7, 11) is -4.28. The molecule has 0 spiro atoms. The Morgan fingerprint density at radius 3 is 2.86 bits per heavy atom. The summed E-state index contributed by atoms with van der Waals surface area (Å²) in [4.78, 5) is 12.1. The van der Waals surface area contributed by atoms with Crippen molar-refractivity contribution in [3.8, 4) is 6.07 Å². The van der Waals surface area contributed by atoms with Gasteiger partial charge in [0.05, 0.1) is 18.3 Å². The van der Waals surface area contributed by atoms with Gasteiger partial charge in [-0.2, -0.15) is 5.26 Å². The lowest BCUT2D eigenvalue weighted by atomic mass is 9.89. The summed E-state index contributed by atoms with van der Waals surface area (Å²) in [5, 5.41) is 24.4. The Balaban J connectivity index is 1.68. The van der Waals surface area contributed by atoms with Crippen molar-refractivity contribution in [2.75, 3.05) is 11.9 Å². The number of carbonyl (C=O) groups is 1. The summed E-state index contributed by atoms with van der Waals surface area (Å²) in [5.41, 5.74) is 5.93. The molecule has 1 aromatic carbocycles. The minimum atomic E-state index is -4.28. The number of aliphatic hydroxyl groups excluding tert-OH is 1. The molecule has 1 amide bonds. The van der Waals surface area contributed by atoms with E-state index in [2.05, 4.69) is 27.6 Å². The largest absolute Gasteiger partial charge is 0.360 e. The summed E-state index contributed by atoms with van der Waals surface area (Å²) < 4.78 is 39.5. The third kappa shape index (κ3) is 4.34. The number of halogens is 1. The highest BCUT2D eigenvalue weighted by atomic mass is 32.2. The molecule has 1 fully saturated rings. The molecule has 12 heteroatoms. The molecule has 158 valence electrons. The van der Waals surface area contributed by atoms with Gasteiger partial charge < -0.3 is 15.7 Å². The third-order valence-corrected chi connectivity index (χ3v) is 6.95. The number of carbonyl (C=O) groups excluding carboxylic acids is 1. The normalized spacial score (nSPS) is 29.8. The Bertz CT molecular complexity index is 936. The van der Waals surface area contributed by atoms with E-state index in [1.54, 1.807) is 6.92 Å². The molecule has 2 heterocycles. The second-order valence-corrected chi connectivity index (χ2v) is 9.13. The number of aliphatic hydroxyl groups is 1. The highest BCUT2D eigenvalue weighted by Gasteiger charge is 2.39. The minimum absolute atomic E-state index is 0.0577. The van der Waals surface area contributed by atoms with Crippen LogP contribution >= 0.6 is 0 Å². The molecule has 4 unspecified atom stereocenters. The topological polar surface area (TPSA) is 147 Å². The Hall–Kier alpha value is -2.30. The first-order valence-electron chi connectivity index (χ1n) is 9.09. The van der Waals surface area contributed by atoms with Crippen molar-refractivity contribution in [1.29, 1.82) is 5.26 Å². The van der Waals surface area contributed by atoms with Gasteiger partial charge in [0, 0.05) is 12.1 Å². The van der Waals surface area contributed by atoms with Crippen LogP contribution in [-0.2, 0) is 14.8 Å². The van der Waals surface area contributed by atoms with E-state index >= 15 is 0 Å². The zero-order chi connectivity index (χ0) is 21.3. The van der Waals surface area contributed by atoms with Gasteiger partial charge in [-0.1, -0.05) is 6.92 Å². The standard InChI is InChI=1S/C17H23FN6O4S/c1-9-5-12(7-19)22-23-16(9)10(2)20-15(25)8-24-17(26)21-13-4-3-11(18)6-14(13)29(24,27)28/h3-4,6,9-10,12,16-17,21-23,26H,5,8H2,1-2H3,(H,20,25)/t9?,10-,12?,16?,17?/m1/s1. The van der Waals surface area contributed by atoms with Crippen molar-refractivity contribution in [3.05, 3.63) is 24.0 Å². The van der Waals surface area contributed by atoms with Gasteiger partial charge >= 0.3 is 0 Å². The Morgan fingerprint density at radius 2 is 2.21 bits per heavy atom. The lowest BCUT2D eigenvalue weighted by molar-refractivity contribution is -0.123. The van der Waals surface area contributed by atoms with Crippen LogP contribution in [0.4, 0.5) is 10.1 Å². The van der Waals surface area contributed by atoms with E-state index in [9.17, 15) is 22.7 Å². The van der Waals surface area contributed by atoms with Crippen LogP contribution in [0.1, 0.15) is 20.3 Å². The maximum atomic E-state index is 13.5. The van der Waals surface area contributed by atoms with Crippen LogP contribution in [0.25, 0.3) is 0 Å². The molecule has 1 aromatic rings. The van der Waals surface area contributed by atoms with Crippen molar-refractivity contribution >= 4 is 21.6 Å². The van der Waals surface area contributed by atoms with Gasteiger partial charge in [0.25, 0.3) is 0 Å². The molecule has 29 heavy (non-hydrogen) atoms. The fraction of sp³-hybridized carbons (Fsp3) is 0.529. The average molecular weight is 426 g/mol. The van der Waals surface area contributed by atoms with Gasteiger partial charge in [-0.25, -0.2) is 18.2 Å². The summed E-state index contributed by atoms with van der Waals surface area (Å²) in [5.74, 6) is -1.29. The maximum Gasteiger partial charge on any atom is 0.249 e. The molecular weight excluding hydrogens is 403 g/mol. The summed E-state index contributed by atoms with van der Waals surface area (Å²) in [6, 6.07) is 4.34. The van der Waals surface area contributed by atoms with Crippen LogP contribution < -0.4 is 21.5 Å². The Labute approximate surface area is 168 Å². The van der Waals surface area contributed by atoms with Crippen LogP contribution in [0, 0.1) is 23.1 Å². The quantitative estimate of drug-likeness (QED) is 0.430. The molecule has 2 aliphatic rings. The SMILES string of the molecule is CC1CC(C#N)NNC1[C@@H](C)NC(=O)CN1C(O)Nc2ccc(F)cc2S1(=O)=O. The molecule has 0 bridgehead atoms. The van der Waals surface area contributed by atoms with E-state index in [0.717, 1.165) is 12.1 Å². The average Bonchev–Trinajstić information content (AvgIpc) is 2.65. The number of nitrogens with zero attached hydrogens (tertiary/aromatic N) is 2. The third-order valence-electron chi connectivity index (χ3n) is 5.12. The van der Waals surface area contributed by atoms with E-state index in [1.165, 1.54) is 6.07 Å². The fourth-order valence-electron chi connectivity index (χ4n) is 3.62. The molecule has 2 aliphatic heterocycles. The van der Waals surface area contributed by atoms with Gasteiger partial charge in [0.2, 0.25) is 15.9 Å². The number of amides is 1. The Kier molecular flexibility index (Phi) is 6.06. The number of anilines is 1. The number of nitrogens with one attached hydrogen (secondary N) is 4. The van der Waals surface area contributed by atoms with E-state index in [-0.39, 0.29) is 34.6 Å². The molecule has 0 radical (unpaired) electrons. The van der Waals surface area contributed by atoms with E-state index in [4.69, 9.17) is 5.26 Å². The molecule has 10 nitrogen and oxygen atoms in total. The van der Waals surface area contributed by atoms with Crippen molar-refractivity contribution in [2.24, 2.45) is 5.92 Å². The van der Waals surface area contributed by atoms with Crippen LogP contribution in [0.15, 0.2) is 23.1 Å². The van der Waals surface area contributed by atoms with Gasteiger partial charge in [-0.3, -0.25) is 10.2 Å². The molecule has 3 rings (SSSR count). The molecule has 1 saturated heterocycles. The number of nitriles is 1. The van der Waals surface area contributed by atoms with Crippen molar-refractivity contribution in [3.63, 3.8) is 0 Å². The molecule has 5 N–H and O–H groups in total. The molecular formula is C17H23FN6O4S. The Morgan fingerprint density at radius 1 is 1.48 bits per heavy atom. The van der Waals surface area contributed by atoms with Crippen molar-refractivity contribution in [1.82, 2.24) is 20.5 Å². The predicted octanol–water partition coefficient (Wildman–Crippen LogP) is -0.583. The van der Waals surface area contributed by atoms with Crippen LogP contribution in [-0.4, -0.2) is 54.8 Å². The molecule has 0 aliphatic carbocycles. The number of sulfonamides is 1. The maximum absolute atomic E-state index is 13.5. The number of rotatable bonds is 4. The summed E-state index contributed by atoms with van der Waals surface area (Å²) in [6.07, 6.45) is -1.07. The highest BCUT2D eigenvalue weighted by Crippen LogP contribution is 2.31. The summed E-state index contributed by atoms with van der Waals surface area (Å²) >= 11 is 0. The van der Waals surface area contributed by atoms with E-state index in [1.807, 2.05) is 6.92 Å². The zero-order valence-electron chi connectivity index (χ0n) is 15.9. The second-order valence-electron chi connectivity index (χ2n) is 7.27. The number of hydrazine groups is 1. The highest BCUT2D eigenvalue weighted by molar-refractivity contribution is 7.89.